The molecule has 0 saturated carbocycles. The Bertz CT molecular complexity index is 260. The van der Waals surface area contributed by atoms with E-state index in [1.807, 2.05) is 0 Å². The maximum absolute atomic E-state index is 2.83. The van der Waals surface area contributed by atoms with E-state index in [1.165, 1.54) is 77.5 Å². The lowest BCUT2D eigenvalue weighted by Crippen LogP contribution is -2.35. The average Bonchev–Trinajstić information content (AvgIpc) is 2.49. The zero-order valence-corrected chi connectivity index (χ0v) is 13.8. The first-order valence-electron chi connectivity index (χ1n) is 8.35. The summed E-state index contributed by atoms with van der Waals surface area (Å²) in [5, 5.41) is 1.74. The molecule has 0 radical (unpaired) electrons. The highest BCUT2D eigenvalue weighted by Gasteiger charge is 2.29. The predicted molar refractivity (Wildman–Crippen MR) is 86.4 cm³/mol. The molecule has 3 heteroatoms. The maximum atomic E-state index is 2.83. The van der Waals surface area contributed by atoms with Crippen LogP contribution in [0.15, 0.2) is 11.4 Å². The van der Waals surface area contributed by atoms with Gasteiger partial charge in [-0.25, -0.2) is 0 Å². The van der Waals surface area contributed by atoms with Crippen molar-refractivity contribution < 1.29 is 0 Å². The fourth-order valence-corrected chi connectivity index (χ4v) is 6.32. The predicted octanol–water partition coefficient (Wildman–Crippen LogP) is 4.97. The van der Waals surface area contributed by atoms with Crippen molar-refractivity contribution in [2.24, 2.45) is 0 Å². The third kappa shape index (κ3) is 4.28. The van der Waals surface area contributed by atoms with Gasteiger partial charge in [0, 0.05) is 26.2 Å². The molecule has 2 saturated heterocycles. The van der Waals surface area contributed by atoms with Crippen molar-refractivity contribution >= 4 is 8.22 Å². The van der Waals surface area contributed by atoms with Crippen LogP contribution in [0.1, 0.15) is 65.2 Å². The molecule has 0 bridgehead atoms. The molecule has 0 amide bonds. The molecule has 2 aliphatic heterocycles. The zero-order chi connectivity index (χ0) is 13.5. The van der Waals surface area contributed by atoms with Crippen LogP contribution < -0.4 is 0 Å². The van der Waals surface area contributed by atoms with Crippen molar-refractivity contribution in [3.05, 3.63) is 11.4 Å². The second-order valence-corrected chi connectivity index (χ2v) is 8.06. The normalized spacial score (nSPS) is 24.1. The van der Waals surface area contributed by atoms with Gasteiger partial charge in [0.25, 0.3) is 0 Å². The molecular formula is C16H31N2P. The molecular weight excluding hydrogens is 251 g/mol. The quantitative estimate of drug-likeness (QED) is 0.657. The smallest absolute Gasteiger partial charge is 0.0678 e. The lowest BCUT2D eigenvalue weighted by Gasteiger charge is -2.43. The van der Waals surface area contributed by atoms with Crippen LogP contribution in [-0.4, -0.2) is 35.5 Å². The van der Waals surface area contributed by atoms with Gasteiger partial charge in [-0.05, 0) is 43.8 Å². The molecule has 0 aromatic carbocycles. The van der Waals surface area contributed by atoms with Crippen LogP contribution in [0.4, 0.5) is 0 Å². The van der Waals surface area contributed by atoms with Gasteiger partial charge in [-0.3, -0.25) is 9.34 Å². The molecule has 19 heavy (non-hydrogen) atoms. The van der Waals surface area contributed by atoms with Crippen LogP contribution in [0.3, 0.4) is 0 Å². The average molecular weight is 282 g/mol. The molecule has 0 aliphatic carbocycles. The third-order valence-electron chi connectivity index (χ3n) is 4.26. The Balaban J connectivity index is 2.12. The van der Waals surface area contributed by atoms with E-state index in [1.54, 1.807) is 5.31 Å². The van der Waals surface area contributed by atoms with Gasteiger partial charge < -0.3 is 0 Å². The number of hydrogen-bond acceptors (Lipinski definition) is 2. The van der Waals surface area contributed by atoms with Gasteiger partial charge in [0.1, 0.15) is 0 Å². The van der Waals surface area contributed by atoms with Crippen LogP contribution in [0.25, 0.3) is 0 Å². The van der Waals surface area contributed by atoms with E-state index in [0.29, 0.717) is 0 Å². The van der Waals surface area contributed by atoms with Gasteiger partial charge in [0.15, 0.2) is 0 Å². The van der Waals surface area contributed by atoms with Crippen molar-refractivity contribution in [3.8, 4) is 0 Å². The van der Waals surface area contributed by atoms with Crippen molar-refractivity contribution in [1.29, 1.82) is 0 Å². The lowest BCUT2D eigenvalue weighted by molar-refractivity contribution is 0.312. The molecule has 0 unspecified atom stereocenters. The number of nitrogens with zero attached hydrogens (tertiary/aromatic N) is 2. The minimum Gasteiger partial charge on any atom is -0.267 e. The van der Waals surface area contributed by atoms with Crippen LogP contribution in [-0.2, 0) is 0 Å². The molecule has 110 valence electrons. The Hall–Kier alpha value is 0.0900. The van der Waals surface area contributed by atoms with Gasteiger partial charge >= 0.3 is 0 Å². The Morgan fingerprint density at radius 1 is 0.842 bits per heavy atom. The molecule has 2 nitrogen and oxygen atoms in total. The number of hydrogen-bond donors (Lipinski definition) is 0. The largest absolute Gasteiger partial charge is 0.267 e. The molecule has 2 heterocycles. The summed E-state index contributed by atoms with van der Waals surface area (Å²) in [5.41, 5.74) is 0. The summed E-state index contributed by atoms with van der Waals surface area (Å²) in [6.07, 6.45) is 13.5. The summed E-state index contributed by atoms with van der Waals surface area (Å²) in [4.78, 5) is 0. The molecule has 0 N–H and O–H groups in total. The Morgan fingerprint density at radius 3 is 1.68 bits per heavy atom. The standard InChI is InChI=1S/C16H31N2P/c1-3-11-16(4-2)19(17-12-7-5-8-13-17)18-14-9-6-10-15-18/h11H,3-10,12-15H2,1-2H3. The Morgan fingerprint density at radius 2 is 1.32 bits per heavy atom. The molecule has 2 rings (SSSR count). The molecule has 2 fully saturated rings. The fourth-order valence-electron chi connectivity index (χ4n) is 3.28. The molecule has 2 aliphatic rings. The zero-order valence-electron chi connectivity index (χ0n) is 12.9. The minimum atomic E-state index is -0.139. The van der Waals surface area contributed by atoms with E-state index >= 15 is 0 Å². The van der Waals surface area contributed by atoms with Gasteiger partial charge in [-0.15, -0.1) is 0 Å². The number of rotatable bonds is 5. The topological polar surface area (TPSA) is 6.48 Å². The van der Waals surface area contributed by atoms with Gasteiger partial charge in [-0.2, -0.15) is 0 Å². The van der Waals surface area contributed by atoms with Crippen LogP contribution >= 0.6 is 8.22 Å². The molecule has 0 atom stereocenters. The monoisotopic (exact) mass is 282 g/mol. The van der Waals surface area contributed by atoms with E-state index < -0.39 is 0 Å². The Kier molecular flexibility index (Phi) is 6.84. The lowest BCUT2D eigenvalue weighted by atomic mass is 10.2. The van der Waals surface area contributed by atoms with Gasteiger partial charge in [0.2, 0.25) is 0 Å². The third-order valence-corrected chi connectivity index (χ3v) is 7.14. The van der Waals surface area contributed by atoms with Crippen molar-refractivity contribution in [2.45, 2.75) is 65.2 Å². The summed E-state index contributed by atoms with van der Waals surface area (Å²) in [5.74, 6) is 0. The summed E-state index contributed by atoms with van der Waals surface area (Å²) < 4.78 is 5.66. The van der Waals surface area contributed by atoms with Crippen molar-refractivity contribution in [2.75, 3.05) is 26.2 Å². The van der Waals surface area contributed by atoms with Crippen molar-refractivity contribution in [1.82, 2.24) is 9.34 Å². The van der Waals surface area contributed by atoms with E-state index in [9.17, 15) is 0 Å². The highest BCUT2D eigenvalue weighted by atomic mass is 31.1. The summed E-state index contributed by atoms with van der Waals surface area (Å²) in [7, 11) is -0.139. The summed E-state index contributed by atoms with van der Waals surface area (Å²) in [6.45, 7) is 9.99. The second kappa shape index (κ2) is 8.39. The first kappa shape index (κ1) is 15.5. The molecule has 0 spiro atoms. The van der Waals surface area contributed by atoms with E-state index in [0.717, 1.165) is 0 Å². The van der Waals surface area contributed by atoms with E-state index in [-0.39, 0.29) is 8.22 Å². The van der Waals surface area contributed by atoms with Crippen LogP contribution in [0.5, 0.6) is 0 Å². The van der Waals surface area contributed by atoms with Crippen LogP contribution in [0, 0.1) is 0 Å². The number of piperidine rings is 2. The van der Waals surface area contributed by atoms with E-state index in [4.69, 9.17) is 0 Å². The van der Waals surface area contributed by atoms with Gasteiger partial charge in [-0.1, -0.05) is 32.8 Å². The fraction of sp³-hybridized carbons (Fsp3) is 0.875. The van der Waals surface area contributed by atoms with Crippen molar-refractivity contribution in [3.63, 3.8) is 0 Å². The maximum Gasteiger partial charge on any atom is 0.0678 e. The highest BCUT2D eigenvalue weighted by molar-refractivity contribution is 7.57. The van der Waals surface area contributed by atoms with Gasteiger partial charge in [0.05, 0.1) is 8.22 Å². The highest BCUT2D eigenvalue weighted by Crippen LogP contribution is 2.54. The first-order chi connectivity index (χ1) is 9.36. The molecule has 0 aromatic rings. The van der Waals surface area contributed by atoms with Crippen LogP contribution in [0.2, 0.25) is 0 Å². The Labute approximate surface area is 121 Å². The first-order valence-corrected chi connectivity index (χ1v) is 9.60. The minimum absolute atomic E-state index is 0.139. The summed E-state index contributed by atoms with van der Waals surface area (Å²) in [6, 6.07) is 0. The number of allylic oxidation sites excluding steroid dienone is 2. The molecule has 0 aromatic heterocycles. The van der Waals surface area contributed by atoms with E-state index in [2.05, 4.69) is 29.3 Å². The summed E-state index contributed by atoms with van der Waals surface area (Å²) >= 11 is 0. The second-order valence-electron chi connectivity index (χ2n) is 5.78. The SMILES string of the molecule is CCC=C(CC)P(N1CCCCC1)N1CCCCC1.